The highest BCUT2D eigenvalue weighted by atomic mass is 16.3. The Labute approximate surface area is 71.2 Å². The van der Waals surface area contributed by atoms with E-state index in [1.165, 1.54) is 5.69 Å². The number of hydrogen-bond acceptors (Lipinski definition) is 3. The van der Waals surface area contributed by atoms with Gasteiger partial charge in [0.05, 0.1) is 24.2 Å². The predicted molar refractivity (Wildman–Crippen MR) is 46.2 cm³/mol. The molecule has 0 amide bonds. The van der Waals surface area contributed by atoms with Crippen LogP contribution in [0.5, 0.6) is 0 Å². The number of aryl methyl sites for hydroxylation is 1. The fourth-order valence-electron chi connectivity index (χ4n) is 1.68. The van der Waals surface area contributed by atoms with E-state index in [0.717, 1.165) is 25.1 Å². The molecule has 0 saturated heterocycles. The molecule has 66 valence electrons. The molecule has 1 aromatic rings. The van der Waals surface area contributed by atoms with Gasteiger partial charge in [0.15, 0.2) is 0 Å². The van der Waals surface area contributed by atoms with E-state index >= 15 is 0 Å². The van der Waals surface area contributed by atoms with E-state index in [9.17, 15) is 0 Å². The lowest BCUT2D eigenvalue weighted by molar-refractivity contribution is 0.301. The molecule has 0 unspecified atom stereocenters. The Morgan fingerprint density at radius 2 is 2.58 bits per heavy atom. The maximum absolute atomic E-state index is 8.81. The molecule has 0 aliphatic carbocycles. The fourth-order valence-corrected chi connectivity index (χ4v) is 1.68. The van der Waals surface area contributed by atoms with Crippen LogP contribution in [0.4, 0.5) is 5.69 Å². The summed E-state index contributed by atoms with van der Waals surface area (Å²) in [7, 11) is 0. The van der Waals surface area contributed by atoms with Crippen LogP contribution in [-0.2, 0) is 6.42 Å². The Bertz CT molecular complexity index is 259. The van der Waals surface area contributed by atoms with Crippen LogP contribution in [0.1, 0.15) is 12.1 Å². The first-order valence-electron chi connectivity index (χ1n) is 4.30. The van der Waals surface area contributed by atoms with Gasteiger partial charge in [0, 0.05) is 13.1 Å². The van der Waals surface area contributed by atoms with Crippen LogP contribution in [0.2, 0.25) is 0 Å². The van der Waals surface area contributed by atoms with Gasteiger partial charge in [0.1, 0.15) is 0 Å². The summed E-state index contributed by atoms with van der Waals surface area (Å²) < 4.78 is 0. The molecule has 12 heavy (non-hydrogen) atoms. The molecule has 0 spiro atoms. The van der Waals surface area contributed by atoms with Crippen LogP contribution in [0.15, 0.2) is 6.20 Å². The average Bonchev–Trinajstić information content (AvgIpc) is 2.53. The number of aliphatic hydroxyl groups excluding tert-OH is 1. The molecular formula is C8H13N3O. The number of nitrogens with one attached hydrogen (secondary N) is 1. The molecule has 0 bridgehead atoms. The van der Waals surface area contributed by atoms with Crippen molar-refractivity contribution in [3.8, 4) is 0 Å². The number of rotatable bonds is 2. The van der Waals surface area contributed by atoms with Gasteiger partial charge in [-0.2, -0.15) is 5.10 Å². The number of fused-ring (bicyclic) bond motifs is 1. The number of anilines is 1. The summed E-state index contributed by atoms with van der Waals surface area (Å²) >= 11 is 0. The normalized spacial score (nSPS) is 16.2. The lowest BCUT2D eigenvalue weighted by atomic mass is 10.1. The van der Waals surface area contributed by atoms with Crippen LogP contribution in [-0.4, -0.2) is 35.0 Å². The molecule has 1 aliphatic heterocycles. The van der Waals surface area contributed by atoms with Crippen molar-refractivity contribution in [2.45, 2.75) is 12.8 Å². The van der Waals surface area contributed by atoms with Crippen molar-refractivity contribution in [3.05, 3.63) is 11.9 Å². The van der Waals surface area contributed by atoms with Crippen LogP contribution in [0, 0.1) is 0 Å². The third-order valence-corrected chi connectivity index (χ3v) is 2.26. The smallest absolute Gasteiger partial charge is 0.0783 e. The topological polar surface area (TPSA) is 52.1 Å². The van der Waals surface area contributed by atoms with Crippen molar-refractivity contribution in [1.82, 2.24) is 10.2 Å². The molecule has 2 rings (SSSR count). The number of hydrogen-bond donors (Lipinski definition) is 2. The number of nitrogens with zero attached hydrogens (tertiary/aromatic N) is 2. The molecule has 2 N–H and O–H groups in total. The molecule has 1 aromatic heterocycles. The summed E-state index contributed by atoms with van der Waals surface area (Å²) in [4.78, 5) is 2.17. The Morgan fingerprint density at radius 3 is 3.42 bits per heavy atom. The molecule has 0 atom stereocenters. The highest BCUT2D eigenvalue weighted by Gasteiger charge is 2.17. The molecule has 2 heterocycles. The molecular weight excluding hydrogens is 154 g/mol. The Balaban J connectivity index is 2.19. The lowest BCUT2D eigenvalue weighted by Gasteiger charge is -2.27. The van der Waals surface area contributed by atoms with Crippen molar-refractivity contribution in [3.63, 3.8) is 0 Å². The number of β-amino-alcohol motifs (C(OH)–C–C–N with tert-alkyl or cyclic N) is 1. The van der Waals surface area contributed by atoms with Gasteiger partial charge in [-0.1, -0.05) is 0 Å². The second-order valence-corrected chi connectivity index (χ2v) is 3.05. The summed E-state index contributed by atoms with van der Waals surface area (Å²) in [6.07, 6.45) is 4.07. The SMILES string of the molecule is OCCN1CCCc2[nH]ncc21. The van der Waals surface area contributed by atoms with Crippen LogP contribution >= 0.6 is 0 Å². The summed E-state index contributed by atoms with van der Waals surface area (Å²) in [5, 5.41) is 15.8. The zero-order chi connectivity index (χ0) is 8.39. The van der Waals surface area contributed by atoms with E-state index in [4.69, 9.17) is 5.11 Å². The van der Waals surface area contributed by atoms with E-state index in [1.54, 1.807) is 0 Å². The average molecular weight is 167 g/mol. The van der Waals surface area contributed by atoms with Crippen LogP contribution < -0.4 is 4.90 Å². The van der Waals surface area contributed by atoms with Crippen molar-refractivity contribution in [2.24, 2.45) is 0 Å². The summed E-state index contributed by atoms with van der Waals surface area (Å²) in [6, 6.07) is 0. The predicted octanol–water partition coefficient (Wildman–Crippen LogP) is 0.155. The largest absolute Gasteiger partial charge is 0.395 e. The second-order valence-electron chi connectivity index (χ2n) is 3.05. The molecule has 0 fully saturated rings. The third kappa shape index (κ3) is 1.18. The number of aliphatic hydroxyl groups is 1. The van der Waals surface area contributed by atoms with Crippen LogP contribution in [0.25, 0.3) is 0 Å². The molecule has 0 radical (unpaired) electrons. The van der Waals surface area contributed by atoms with E-state index in [-0.39, 0.29) is 6.61 Å². The van der Waals surface area contributed by atoms with Crippen LogP contribution in [0.3, 0.4) is 0 Å². The van der Waals surface area contributed by atoms with Gasteiger partial charge >= 0.3 is 0 Å². The maximum Gasteiger partial charge on any atom is 0.0783 e. The molecule has 0 saturated carbocycles. The van der Waals surface area contributed by atoms with Gasteiger partial charge < -0.3 is 10.0 Å². The first kappa shape index (κ1) is 7.61. The van der Waals surface area contributed by atoms with E-state index in [0.29, 0.717) is 6.54 Å². The lowest BCUT2D eigenvalue weighted by Crippen LogP contribution is -2.31. The maximum atomic E-state index is 8.81. The monoisotopic (exact) mass is 167 g/mol. The zero-order valence-electron chi connectivity index (χ0n) is 6.95. The van der Waals surface area contributed by atoms with Gasteiger partial charge in [0.2, 0.25) is 0 Å². The van der Waals surface area contributed by atoms with E-state index in [2.05, 4.69) is 15.1 Å². The minimum absolute atomic E-state index is 0.213. The van der Waals surface area contributed by atoms with Crippen molar-refractivity contribution >= 4 is 5.69 Å². The summed E-state index contributed by atoms with van der Waals surface area (Å²) in [6.45, 7) is 1.96. The summed E-state index contributed by atoms with van der Waals surface area (Å²) in [5.41, 5.74) is 2.37. The molecule has 1 aliphatic rings. The van der Waals surface area contributed by atoms with Gasteiger partial charge in [-0.05, 0) is 12.8 Å². The van der Waals surface area contributed by atoms with Gasteiger partial charge in [-0.25, -0.2) is 0 Å². The quantitative estimate of drug-likeness (QED) is 0.659. The molecule has 4 nitrogen and oxygen atoms in total. The second kappa shape index (κ2) is 3.15. The highest BCUT2D eigenvalue weighted by molar-refractivity contribution is 5.50. The molecule has 0 aromatic carbocycles. The number of H-pyrrole nitrogens is 1. The number of aromatic amines is 1. The minimum Gasteiger partial charge on any atom is -0.395 e. The standard InChI is InChI=1S/C8H13N3O/c12-5-4-11-3-1-2-7-8(11)6-9-10-7/h6,12H,1-5H2,(H,9,10). The van der Waals surface area contributed by atoms with Crippen molar-refractivity contribution in [2.75, 3.05) is 24.6 Å². The Hall–Kier alpha value is -1.03. The third-order valence-electron chi connectivity index (χ3n) is 2.26. The van der Waals surface area contributed by atoms with E-state index < -0.39 is 0 Å². The zero-order valence-corrected chi connectivity index (χ0v) is 6.95. The fraction of sp³-hybridized carbons (Fsp3) is 0.625. The Morgan fingerprint density at radius 1 is 1.67 bits per heavy atom. The minimum atomic E-state index is 0.213. The summed E-state index contributed by atoms with van der Waals surface area (Å²) in [5.74, 6) is 0. The van der Waals surface area contributed by atoms with Gasteiger partial charge in [-0.3, -0.25) is 5.10 Å². The van der Waals surface area contributed by atoms with Crippen molar-refractivity contribution < 1.29 is 5.11 Å². The van der Waals surface area contributed by atoms with E-state index in [1.807, 2.05) is 6.20 Å². The van der Waals surface area contributed by atoms with Crippen molar-refractivity contribution in [1.29, 1.82) is 0 Å². The van der Waals surface area contributed by atoms with Gasteiger partial charge in [-0.15, -0.1) is 0 Å². The molecule has 4 heteroatoms. The van der Waals surface area contributed by atoms with Gasteiger partial charge in [0.25, 0.3) is 0 Å². The first-order chi connectivity index (χ1) is 5.92. The number of aromatic nitrogens is 2. The first-order valence-corrected chi connectivity index (χ1v) is 4.30. The Kier molecular flexibility index (Phi) is 1.99. The highest BCUT2D eigenvalue weighted by Crippen LogP contribution is 2.23.